The maximum Gasteiger partial charge on any atom is 0.258 e. The Morgan fingerprint density at radius 1 is 1.06 bits per heavy atom. The second-order valence-electron chi connectivity index (χ2n) is 8.43. The fourth-order valence-corrected chi connectivity index (χ4v) is 6.23. The molecule has 3 aliphatic rings. The van der Waals surface area contributed by atoms with Crippen LogP contribution in [0.3, 0.4) is 0 Å². The average molecular weight is 433 g/mol. The van der Waals surface area contributed by atoms with Gasteiger partial charge in [-0.1, -0.05) is 30.3 Å². The van der Waals surface area contributed by atoms with Crippen LogP contribution in [0.1, 0.15) is 27.8 Å². The number of para-hydroxylation sites is 2. The monoisotopic (exact) mass is 432 g/mol. The van der Waals surface area contributed by atoms with Gasteiger partial charge in [0.1, 0.15) is 12.2 Å². The van der Waals surface area contributed by atoms with Crippen LogP contribution >= 0.6 is 11.8 Å². The van der Waals surface area contributed by atoms with Crippen LogP contribution in [-0.2, 0) is 11.2 Å². The molecule has 0 spiro atoms. The highest BCUT2D eigenvalue weighted by molar-refractivity contribution is 7.99. The molecule has 7 heteroatoms. The Hall–Kier alpha value is -2.93. The molecule has 1 aromatic heterocycles. The topological polar surface area (TPSA) is 59.7 Å². The maximum atomic E-state index is 13.7. The molecule has 1 fully saturated rings. The average Bonchev–Trinajstić information content (AvgIpc) is 3.20. The van der Waals surface area contributed by atoms with Crippen molar-refractivity contribution in [2.45, 2.75) is 18.6 Å². The lowest BCUT2D eigenvalue weighted by Crippen LogP contribution is -2.61. The van der Waals surface area contributed by atoms with Crippen LogP contribution < -0.4 is 4.90 Å². The van der Waals surface area contributed by atoms with Crippen molar-refractivity contribution in [3.8, 4) is 0 Å². The van der Waals surface area contributed by atoms with Gasteiger partial charge in [-0.2, -0.15) is 11.8 Å². The summed E-state index contributed by atoms with van der Waals surface area (Å²) in [6.45, 7) is 1.50. The van der Waals surface area contributed by atoms with E-state index in [1.807, 2.05) is 65.0 Å². The van der Waals surface area contributed by atoms with Crippen LogP contribution in [-0.4, -0.2) is 64.3 Å². The molecule has 0 bridgehead atoms. The van der Waals surface area contributed by atoms with Crippen molar-refractivity contribution in [2.75, 3.05) is 36.5 Å². The van der Waals surface area contributed by atoms with E-state index in [0.29, 0.717) is 12.0 Å². The summed E-state index contributed by atoms with van der Waals surface area (Å²) in [5.74, 6) is 1.92. The smallest absolute Gasteiger partial charge is 0.258 e. The van der Waals surface area contributed by atoms with Crippen LogP contribution in [0, 0.1) is 0 Å². The minimum absolute atomic E-state index is 0.0623. The third-order valence-corrected chi connectivity index (χ3v) is 7.77. The highest BCUT2D eigenvalue weighted by Gasteiger charge is 2.49. The molecule has 2 atom stereocenters. The number of aromatic nitrogens is 1. The lowest BCUT2D eigenvalue weighted by molar-refractivity contribution is -0.137. The zero-order valence-electron chi connectivity index (χ0n) is 17.4. The number of nitrogens with one attached hydrogen (secondary N) is 1. The van der Waals surface area contributed by atoms with Gasteiger partial charge in [0.2, 0.25) is 5.91 Å². The van der Waals surface area contributed by atoms with Crippen LogP contribution in [0.4, 0.5) is 5.69 Å². The SMILES string of the molecule is CN1c2ccccc2C(=O)N2[C@@H](C(=O)N3CCSCC3)Cc3c([nH]c4ccccc34)[C@H]12. The first kappa shape index (κ1) is 18.8. The second-order valence-corrected chi connectivity index (χ2v) is 9.66. The molecule has 158 valence electrons. The molecule has 4 heterocycles. The lowest BCUT2D eigenvalue weighted by Gasteiger charge is -2.50. The summed E-state index contributed by atoms with van der Waals surface area (Å²) < 4.78 is 0. The number of rotatable bonds is 1. The second kappa shape index (κ2) is 7.05. The molecule has 0 unspecified atom stereocenters. The highest BCUT2D eigenvalue weighted by atomic mass is 32.2. The Bertz CT molecular complexity index is 1200. The molecular weight excluding hydrogens is 408 g/mol. The fraction of sp³-hybridized carbons (Fsp3) is 0.333. The number of fused-ring (bicyclic) bond motifs is 6. The number of carbonyl (C=O) groups excluding carboxylic acids is 2. The van der Waals surface area contributed by atoms with Gasteiger partial charge in [0, 0.05) is 49.0 Å². The molecule has 0 saturated carbocycles. The van der Waals surface area contributed by atoms with Gasteiger partial charge in [-0.05, 0) is 23.8 Å². The number of benzene rings is 2. The summed E-state index contributed by atoms with van der Waals surface area (Å²) in [5.41, 5.74) is 4.79. The molecule has 1 N–H and O–H groups in total. The Labute approximate surface area is 185 Å². The van der Waals surface area contributed by atoms with Crippen molar-refractivity contribution in [2.24, 2.45) is 0 Å². The predicted molar refractivity (Wildman–Crippen MR) is 123 cm³/mol. The predicted octanol–water partition coefficient (Wildman–Crippen LogP) is 3.26. The van der Waals surface area contributed by atoms with Gasteiger partial charge in [0.25, 0.3) is 5.91 Å². The number of thioether (sulfide) groups is 1. The molecule has 31 heavy (non-hydrogen) atoms. The van der Waals surface area contributed by atoms with Gasteiger partial charge in [-0.3, -0.25) is 9.59 Å². The van der Waals surface area contributed by atoms with Crippen LogP contribution in [0.15, 0.2) is 48.5 Å². The Kier molecular flexibility index (Phi) is 4.28. The van der Waals surface area contributed by atoms with E-state index in [9.17, 15) is 9.59 Å². The van der Waals surface area contributed by atoms with Gasteiger partial charge in [0.05, 0.1) is 16.9 Å². The molecule has 3 aliphatic heterocycles. The van der Waals surface area contributed by atoms with Crippen molar-refractivity contribution in [1.82, 2.24) is 14.8 Å². The zero-order valence-corrected chi connectivity index (χ0v) is 18.2. The first-order chi connectivity index (χ1) is 15.1. The van der Waals surface area contributed by atoms with Crippen molar-refractivity contribution in [3.63, 3.8) is 0 Å². The quantitative estimate of drug-likeness (QED) is 0.641. The van der Waals surface area contributed by atoms with Crippen molar-refractivity contribution in [1.29, 1.82) is 0 Å². The molecule has 0 radical (unpaired) electrons. The van der Waals surface area contributed by atoms with Crippen molar-refractivity contribution >= 4 is 40.2 Å². The minimum Gasteiger partial charge on any atom is -0.355 e. The van der Waals surface area contributed by atoms with Crippen LogP contribution in [0.25, 0.3) is 10.9 Å². The molecule has 2 amide bonds. The standard InChI is InChI=1S/C24H24N4O2S/c1-26-19-9-5-3-7-16(19)23(29)28-20(24(30)27-10-12-31-13-11-27)14-17-15-6-2-4-8-18(15)25-21(17)22(26)28/h2-9,20,22,25H,10-14H2,1H3/t20-,22-/m1/s1. The van der Waals surface area contributed by atoms with Gasteiger partial charge in [-0.15, -0.1) is 0 Å². The first-order valence-electron chi connectivity index (χ1n) is 10.8. The van der Waals surface area contributed by atoms with E-state index in [2.05, 4.69) is 22.0 Å². The minimum atomic E-state index is -0.497. The van der Waals surface area contributed by atoms with Crippen molar-refractivity contribution < 1.29 is 9.59 Å². The summed E-state index contributed by atoms with van der Waals surface area (Å²) >= 11 is 1.88. The van der Waals surface area contributed by atoms with Crippen LogP contribution in [0.2, 0.25) is 0 Å². The summed E-state index contributed by atoms with van der Waals surface area (Å²) in [6.07, 6.45) is 0.215. The molecule has 0 aliphatic carbocycles. The summed E-state index contributed by atoms with van der Waals surface area (Å²) in [4.78, 5) is 36.9. The maximum absolute atomic E-state index is 13.7. The number of amides is 2. The molecule has 1 saturated heterocycles. The fourth-order valence-electron chi connectivity index (χ4n) is 5.33. The Morgan fingerprint density at radius 2 is 1.81 bits per heavy atom. The first-order valence-corrected chi connectivity index (χ1v) is 11.9. The molecular formula is C24H24N4O2S. The number of nitrogens with zero attached hydrogens (tertiary/aromatic N) is 3. The number of H-pyrrole nitrogens is 1. The molecule has 3 aromatic rings. The van der Waals surface area contributed by atoms with Crippen LogP contribution in [0.5, 0.6) is 0 Å². The highest BCUT2D eigenvalue weighted by Crippen LogP contribution is 2.45. The third kappa shape index (κ3) is 2.72. The van der Waals surface area contributed by atoms with Crippen molar-refractivity contribution in [3.05, 3.63) is 65.4 Å². The van der Waals surface area contributed by atoms with E-state index >= 15 is 0 Å². The molecule has 2 aromatic carbocycles. The summed E-state index contributed by atoms with van der Waals surface area (Å²) in [7, 11) is 2.02. The van der Waals surface area contributed by atoms with Gasteiger partial charge < -0.3 is 19.7 Å². The number of carbonyl (C=O) groups is 2. The van der Waals surface area contributed by atoms with E-state index in [-0.39, 0.29) is 18.0 Å². The van der Waals surface area contributed by atoms with E-state index in [4.69, 9.17) is 0 Å². The normalized spacial score (nSPS) is 22.9. The van der Waals surface area contributed by atoms with E-state index in [1.165, 1.54) is 0 Å². The van der Waals surface area contributed by atoms with E-state index < -0.39 is 6.04 Å². The number of hydrogen-bond donors (Lipinski definition) is 1. The summed E-state index contributed by atoms with van der Waals surface area (Å²) in [5, 5.41) is 1.14. The Morgan fingerprint density at radius 3 is 2.65 bits per heavy atom. The zero-order chi connectivity index (χ0) is 21.1. The number of anilines is 1. The summed E-state index contributed by atoms with van der Waals surface area (Å²) in [6, 6.07) is 15.4. The number of hydrogen-bond acceptors (Lipinski definition) is 4. The number of aromatic amines is 1. The molecule has 6 rings (SSSR count). The molecule has 6 nitrogen and oxygen atoms in total. The Balaban J connectivity index is 1.54. The van der Waals surface area contributed by atoms with Gasteiger partial charge >= 0.3 is 0 Å². The third-order valence-electron chi connectivity index (χ3n) is 6.83. The lowest BCUT2D eigenvalue weighted by atomic mass is 9.90. The largest absolute Gasteiger partial charge is 0.355 e. The van der Waals surface area contributed by atoms with Gasteiger partial charge in [0.15, 0.2) is 0 Å². The van der Waals surface area contributed by atoms with E-state index in [0.717, 1.165) is 52.4 Å². The van der Waals surface area contributed by atoms with Gasteiger partial charge in [-0.25, -0.2) is 0 Å². The van der Waals surface area contributed by atoms with E-state index in [1.54, 1.807) is 0 Å².